The van der Waals surface area contributed by atoms with Crippen molar-refractivity contribution in [2.75, 3.05) is 0 Å². The predicted octanol–water partition coefficient (Wildman–Crippen LogP) is 6.50. The molecule has 3 heteroatoms. The second-order valence-corrected chi connectivity index (χ2v) is 9.26. The van der Waals surface area contributed by atoms with Crippen LogP contribution in [0.2, 0.25) is 0 Å². The van der Waals surface area contributed by atoms with Crippen LogP contribution >= 0.6 is 0 Å². The van der Waals surface area contributed by atoms with Crippen LogP contribution in [0.25, 0.3) is 0 Å². The van der Waals surface area contributed by atoms with Gasteiger partial charge in [-0.1, -0.05) is 34.9 Å². The third-order valence-corrected chi connectivity index (χ3v) is 7.07. The molecule has 3 nitrogen and oxygen atoms in total. The highest BCUT2D eigenvalue weighted by Crippen LogP contribution is 2.54. The Morgan fingerprint density at radius 3 is 2.50 bits per heavy atom. The average molecular weight is 387 g/mol. The van der Waals surface area contributed by atoms with Crippen molar-refractivity contribution in [2.45, 2.75) is 85.5 Å². The molecule has 0 aliphatic heterocycles. The molecule has 1 saturated carbocycles. The first-order chi connectivity index (χ1) is 13.3. The molecule has 1 fully saturated rings. The maximum absolute atomic E-state index is 12.8. The lowest BCUT2D eigenvalue weighted by molar-refractivity contribution is -0.165. The number of carbonyl (C=O) groups is 2. The third-order valence-electron chi connectivity index (χ3n) is 7.07. The number of aldehydes is 1. The van der Waals surface area contributed by atoms with Crippen molar-refractivity contribution in [3.05, 3.63) is 34.9 Å². The number of hydrogen-bond acceptors (Lipinski definition) is 2. The van der Waals surface area contributed by atoms with E-state index in [4.69, 9.17) is 0 Å². The van der Waals surface area contributed by atoms with Crippen molar-refractivity contribution >= 4 is 12.3 Å². The summed E-state index contributed by atoms with van der Waals surface area (Å²) in [6.07, 6.45) is 15.4. The normalized spacial score (nSPS) is 35.2. The minimum absolute atomic E-state index is 0.0803. The van der Waals surface area contributed by atoms with Crippen LogP contribution in [0.1, 0.15) is 85.5 Å². The second-order valence-electron chi connectivity index (χ2n) is 9.26. The Hall–Kier alpha value is -1.64. The third kappa shape index (κ3) is 5.24. The van der Waals surface area contributed by atoms with Crippen molar-refractivity contribution in [3.8, 4) is 0 Å². The molecule has 0 amide bonds. The smallest absolute Gasteiger partial charge is 0.310 e. The molecule has 2 aliphatic rings. The van der Waals surface area contributed by atoms with E-state index in [1.807, 2.05) is 0 Å². The predicted molar refractivity (Wildman–Crippen MR) is 115 cm³/mol. The van der Waals surface area contributed by atoms with E-state index in [0.717, 1.165) is 57.7 Å². The molecule has 0 unspecified atom stereocenters. The SMILES string of the molecule is CC(C)=CCC[C@]1(C(=O)O)[C@H]2C/C=C(/C)CC/C=C(/C)CC[C@H]1[C@H](C=O)CC2. The number of rotatable bonds is 5. The molecule has 0 spiro atoms. The quantitative estimate of drug-likeness (QED) is 0.433. The first-order valence-corrected chi connectivity index (χ1v) is 10.9. The van der Waals surface area contributed by atoms with Gasteiger partial charge in [0.15, 0.2) is 0 Å². The van der Waals surface area contributed by atoms with Gasteiger partial charge in [-0.15, -0.1) is 0 Å². The van der Waals surface area contributed by atoms with Crippen LogP contribution in [0, 0.1) is 23.2 Å². The summed E-state index contributed by atoms with van der Waals surface area (Å²) in [5, 5.41) is 10.5. The maximum Gasteiger partial charge on any atom is 0.310 e. The van der Waals surface area contributed by atoms with Crippen molar-refractivity contribution in [2.24, 2.45) is 23.2 Å². The summed E-state index contributed by atoms with van der Waals surface area (Å²) >= 11 is 0. The Balaban J connectivity index is 2.51. The Kier molecular flexibility index (Phi) is 8.27. The van der Waals surface area contributed by atoms with Crippen molar-refractivity contribution in [1.29, 1.82) is 0 Å². The van der Waals surface area contributed by atoms with Crippen LogP contribution in [-0.4, -0.2) is 17.4 Å². The molecule has 0 radical (unpaired) electrons. The zero-order chi connectivity index (χ0) is 20.7. The van der Waals surface area contributed by atoms with E-state index in [-0.39, 0.29) is 17.8 Å². The zero-order valence-corrected chi connectivity index (χ0v) is 18.2. The lowest BCUT2D eigenvalue weighted by Crippen LogP contribution is -2.51. The van der Waals surface area contributed by atoms with E-state index < -0.39 is 11.4 Å². The lowest BCUT2D eigenvalue weighted by Gasteiger charge is -2.49. The van der Waals surface area contributed by atoms with Crippen molar-refractivity contribution in [3.63, 3.8) is 0 Å². The molecule has 1 N–H and O–H groups in total. The van der Waals surface area contributed by atoms with Crippen LogP contribution in [0.15, 0.2) is 34.9 Å². The molecule has 0 aromatic carbocycles. The lowest BCUT2D eigenvalue weighted by atomic mass is 9.53. The Labute approximate surface area is 171 Å². The van der Waals surface area contributed by atoms with Gasteiger partial charge < -0.3 is 9.90 Å². The fourth-order valence-electron chi connectivity index (χ4n) is 5.41. The number of allylic oxidation sites excluding steroid dienone is 6. The average Bonchev–Trinajstić information content (AvgIpc) is 2.63. The van der Waals surface area contributed by atoms with Crippen LogP contribution in [0.4, 0.5) is 0 Å². The number of carboxylic acids is 1. The molecular weight excluding hydrogens is 348 g/mol. The van der Waals surface area contributed by atoms with Gasteiger partial charge in [0.05, 0.1) is 5.41 Å². The molecule has 156 valence electrons. The van der Waals surface area contributed by atoms with Gasteiger partial charge in [0.2, 0.25) is 0 Å². The van der Waals surface area contributed by atoms with Crippen LogP contribution in [0.5, 0.6) is 0 Å². The van der Waals surface area contributed by atoms with Gasteiger partial charge in [-0.05, 0) is 97.3 Å². The highest BCUT2D eigenvalue weighted by atomic mass is 16.4. The van der Waals surface area contributed by atoms with Crippen LogP contribution in [0.3, 0.4) is 0 Å². The first-order valence-electron chi connectivity index (χ1n) is 10.9. The number of fused-ring (bicyclic) bond motifs is 2. The molecular formula is C25H38O3. The summed E-state index contributed by atoms with van der Waals surface area (Å²) in [5.41, 5.74) is 3.08. The number of aliphatic carboxylic acids is 1. The van der Waals surface area contributed by atoms with E-state index >= 15 is 0 Å². The van der Waals surface area contributed by atoms with Gasteiger partial charge in [0.1, 0.15) is 6.29 Å². The van der Waals surface area contributed by atoms with Crippen molar-refractivity contribution in [1.82, 2.24) is 0 Å². The fraction of sp³-hybridized carbons (Fsp3) is 0.680. The van der Waals surface area contributed by atoms with Crippen LogP contribution < -0.4 is 0 Å². The second kappa shape index (κ2) is 10.2. The summed E-state index contributed by atoms with van der Waals surface area (Å²) < 4.78 is 0. The van der Waals surface area contributed by atoms with E-state index in [1.54, 1.807) is 0 Å². The summed E-state index contributed by atoms with van der Waals surface area (Å²) in [6, 6.07) is 0. The van der Waals surface area contributed by atoms with Crippen molar-refractivity contribution < 1.29 is 14.7 Å². The number of carbonyl (C=O) groups excluding carboxylic acids is 1. The van der Waals surface area contributed by atoms with Crippen LogP contribution in [-0.2, 0) is 9.59 Å². The molecule has 0 saturated heterocycles. The minimum Gasteiger partial charge on any atom is -0.481 e. The monoisotopic (exact) mass is 386 g/mol. The molecule has 0 heterocycles. The van der Waals surface area contributed by atoms with E-state index in [9.17, 15) is 14.7 Å². The number of hydrogen-bond donors (Lipinski definition) is 1. The molecule has 2 rings (SSSR count). The first kappa shape index (κ1) is 22.6. The molecule has 2 aliphatic carbocycles. The van der Waals surface area contributed by atoms with E-state index in [1.165, 1.54) is 16.7 Å². The minimum atomic E-state index is -0.813. The van der Waals surface area contributed by atoms with E-state index in [0.29, 0.717) is 6.42 Å². The van der Waals surface area contributed by atoms with Gasteiger partial charge >= 0.3 is 5.97 Å². The maximum atomic E-state index is 12.8. The fourth-order valence-corrected chi connectivity index (χ4v) is 5.41. The van der Waals surface area contributed by atoms with Gasteiger partial charge in [-0.2, -0.15) is 0 Å². The summed E-state index contributed by atoms with van der Waals surface area (Å²) in [6.45, 7) is 8.43. The summed E-state index contributed by atoms with van der Waals surface area (Å²) in [4.78, 5) is 24.8. The molecule has 4 atom stereocenters. The Bertz CT molecular complexity index is 651. The zero-order valence-electron chi connectivity index (χ0n) is 18.2. The summed E-state index contributed by atoms with van der Waals surface area (Å²) in [7, 11) is 0. The topological polar surface area (TPSA) is 54.4 Å². The highest BCUT2D eigenvalue weighted by Gasteiger charge is 2.55. The van der Waals surface area contributed by atoms with E-state index in [2.05, 4.69) is 45.9 Å². The van der Waals surface area contributed by atoms with Gasteiger partial charge in [0, 0.05) is 5.92 Å². The molecule has 0 aromatic heterocycles. The number of carboxylic acid groups (broad SMARTS) is 1. The Morgan fingerprint density at radius 2 is 1.86 bits per heavy atom. The molecule has 2 bridgehead atoms. The Morgan fingerprint density at radius 1 is 1.14 bits per heavy atom. The molecule has 28 heavy (non-hydrogen) atoms. The standard InChI is InChI=1S/C25H38O3/c1-18(2)7-6-16-25(24(27)28)22-13-10-19(3)8-5-9-20(4)11-15-23(25)21(17-26)12-14-22/h7,9-10,17,21-23H,5-6,8,11-16H2,1-4H3,(H,27,28)/b19-10-,20-9-/t21-,22-,23-,25-/m0/s1. The molecule has 0 aromatic rings. The van der Waals surface area contributed by atoms with Gasteiger partial charge in [-0.3, -0.25) is 4.79 Å². The van der Waals surface area contributed by atoms with Gasteiger partial charge in [-0.25, -0.2) is 0 Å². The summed E-state index contributed by atoms with van der Waals surface area (Å²) in [5.74, 6) is -0.806. The highest BCUT2D eigenvalue weighted by molar-refractivity contribution is 5.77. The largest absolute Gasteiger partial charge is 0.481 e. The van der Waals surface area contributed by atoms with Gasteiger partial charge in [0.25, 0.3) is 0 Å².